The molecule has 1 fully saturated rings. The van der Waals surface area contributed by atoms with Crippen LogP contribution in [0.5, 0.6) is 0 Å². The van der Waals surface area contributed by atoms with Crippen LogP contribution in [-0.2, 0) is 4.79 Å². The van der Waals surface area contributed by atoms with Crippen molar-refractivity contribution in [2.75, 3.05) is 18.0 Å². The Morgan fingerprint density at radius 3 is 2.57 bits per heavy atom. The van der Waals surface area contributed by atoms with Gasteiger partial charge in [-0.25, -0.2) is 0 Å². The van der Waals surface area contributed by atoms with Crippen molar-refractivity contribution >= 4 is 34.8 Å². The zero-order valence-corrected chi connectivity index (χ0v) is 13.6. The van der Waals surface area contributed by atoms with Crippen LogP contribution in [-0.4, -0.2) is 28.8 Å². The maximum Gasteiger partial charge on any atom is 0.292 e. The number of hydrogen-bond acceptors (Lipinski definition) is 4. The Morgan fingerprint density at radius 2 is 1.96 bits per heavy atom. The van der Waals surface area contributed by atoms with Crippen molar-refractivity contribution in [2.24, 2.45) is 11.7 Å². The topological polar surface area (TPSA) is 81.2 Å². The molecule has 0 aliphatic carbocycles. The summed E-state index contributed by atoms with van der Waals surface area (Å²) in [4.78, 5) is 25.6. The molecule has 0 bridgehead atoms. The number of hydrogen-bond donors (Lipinski definition) is 1. The number of rotatable bonds is 3. The van der Waals surface area contributed by atoms with E-state index in [-0.39, 0.29) is 16.8 Å². The molecule has 1 aromatic heterocycles. The Hall–Kier alpha value is -2.05. The van der Waals surface area contributed by atoms with E-state index in [0.717, 1.165) is 0 Å². The lowest BCUT2D eigenvalue weighted by Gasteiger charge is -2.19. The molecule has 1 aliphatic heterocycles. The summed E-state index contributed by atoms with van der Waals surface area (Å²) in [6, 6.07) is 6.72. The molecule has 0 saturated carbocycles. The molecule has 1 unspecified atom stereocenters. The molecule has 0 radical (unpaired) electrons. The number of amides is 1. The molecule has 1 saturated heterocycles. The summed E-state index contributed by atoms with van der Waals surface area (Å²) < 4.78 is 1.21. The van der Waals surface area contributed by atoms with E-state index < -0.39 is 5.56 Å². The van der Waals surface area contributed by atoms with Crippen LogP contribution in [0.3, 0.4) is 0 Å². The lowest BCUT2D eigenvalue weighted by molar-refractivity contribution is -0.121. The van der Waals surface area contributed by atoms with Crippen molar-refractivity contribution in [2.45, 2.75) is 6.42 Å². The molecule has 23 heavy (non-hydrogen) atoms. The van der Waals surface area contributed by atoms with Gasteiger partial charge in [-0.2, -0.15) is 9.78 Å². The minimum absolute atomic E-state index is 0.0695. The summed E-state index contributed by atoms with van der Waals surface area (Å²) >= 11 is 12.1. The van der Waals surface area contributed by atoms with Crippen LogP contribution in [0, 0.1) is 5.92 Å². The second-order valence-corrected chi connectivity index (χ2v) is 6.19. The molecule has 0 spiro atoms. The highest BCUT2D eigenvalue weighted by atomic mass is 35.5. The average Bonchev–Trinajstić information content (AvgIpc) is 3.01. The van der Waals surface area contributed by atoms with E-state index in [1.165, 1.54) is 10.9 Å². The predicted octanol–water partition coefficient (Wildman–Crippen LogP) is 1.85. The van der Waals surface area contributed by atoms with Crippen molar-refractivity contribution in [1.82, 2.24) is 9.78 Å². The van der Waals surface area contributed by atoms with E-state index >= 15 is 0 Å². The fourth-order valence-corrected chi connectivity index (χ4v) is 3.00. The van der Waals surface area contributed by atoms with Gasteiger partial charge in [-0.3, -0.25) is 9.59 Å². The molecule has 2 heterocycles. The Morgan fingerprint density at radius 1 is 1.26 bits per heavy atom. The normalized spacial score (nSPS) is 17.5. The van der Waals surface area contributed by atoms with Gasteiger partial charge in [0, 0.05) is 18.1 Å². The molecule has 2 N–H and O–H groups in total. The van der Waals surface area contributed by atoms with Crippen LogP contribution in [0.15, 0.2) is 35.3 Å². The van der Waals surface area contributed by atoms with Crippen molar-refractivity contribution < 1.29 is 4.79 Å². The highest BCUT2D eigenvalue weighted by molar-refractivity contribution is 6.33. The molecule has 1 amide bonds. The fraction of sp³-hybridized carbons (Fsp3) is 0.267. The van der Waals surface area contributed by atoms with Gasteiger partial charge in [0.1, 0.15) is 5.02 Å². The number of carbonyl (C=O) groups excluding carboxylic acids is 1. The maximum absolute atomic E-state index is 12.5. The van der Waals surface area contributed by atoms with Gasteiger partial charge < -0.3 is 10.6 Å². The summed E-state index contributed by atoms with van der Waals surface area (Å²) in [6.07, 6.45) is 2.17. The lowest BCUT2D eigenvalue weighted by atomic mass is 10.1. The highest BCUT2D eigenvalue weighted by Gasteiger charge is 2.29. The number of halogens is 2. The quantitative estimate of drug-likeness (QED) is 0.913. The molecule has 120 valence electrons. The highest BCUT2D eigenvalue weighted by Crippen LogP contribution is 2.27. The number of aromatic nitrogens is 2. The van der Waals surface area contributed by atoms with Crippen LogP contribution in [0.4, 0.5) is 5.69 Å². The second kappa shape index (κ2) is 6.22. The van der Waals surface area contributed by atoms with E-state index in [2.05, 4.69) is 5.10 Å². The van der Waals surface area contributed by atoms with E-state index in [0.29, 0.717) is 35.9 Å². The molecule has 1 aromatic carbocycles. The van der Waals surface area contributed by atoms with Crippen molar-refractivity contribution in [3.63, 3.8) is 0 Å². The monoisotopic (exact) mass is 352 g/mol. The van der Waals surface area contributed by atoms with Crippen molar-refractivity contribution in [1.29, 1.82) is 0 Å². The Labute approximate surface area is 142 Å². The molecule has 2 aromatic rings. The average molecular weight is 353 g/mol. The zero-order valence-electron chi connectivity index (χ0n) is 12.1. The van der Waals surface area contributed by atoms with Gasteiger partial charge in [0.05, 0.1) is 23.5 Å². The molecule has 6 nitrogen and oxygen atoms in total. The smallest absolute Gasteiger partial charge is 0.292 e. The number of anilines is 1. The van der Waals surface area contributed by atoms with Crippen LogP contribution in [0.1, 0.15) is 6.42 Å². The predicted molar refractivity (Wildman–Crippen MR) is 89.4 cm³/mol. The third-order valence-electron chi connectivity index (χ3n) is 3.90. The molecular formula is C15H14Cl2N4O2. The zero-order chi connectivity index (χ0) is 16.6. The van der Waals surface area contributed by atoms with Crippen LogP contribution < -0.4 is 16.2 Å². The summed E-state index contributed by atoms with van der Waals surface area (Å²) in [5, 5.41) is 4.81. The van der Waals surface area contributed by atoms with Gasteiger partial charge in [0.25, 0.3) is 5.56 Å². The Kier molecular flexibility index (Phi) is 4.28. The molecule has 3 rings (SSSR count). The maximum atomic E-state index is 12.5. The summed E-state index contributed by atoms with van der Waals surface area (Å²) in [6.45, 7) is 1.06. The van der Waals surface area contributed by atoms with Crippen LogP contribution in [0.25, 0.3) is 5.69 Å². The summed E-state index contributed by atoms with van der Waals surface area (Å²) in [7, 11) is 0. The number of nitrogens with two attached hydrogens (primary N) is 1. The first-order valence-corrected chi connectivity index (χ1v) is 7.81. The summed E-state index contributed by atoms with van der Waals surface area (Å²) in [5.41, 5.74) is 6.00. The number of primary amides is 1. The Bertz CT molecular complexity index is 804. The van der Waals surface area contributed by atoms with Gasteiger partial charge in [-0.05, 0) is 30.7 Å². The fourth-order valence-electron chi connectivity index (χ4n) is 2.62. The SMILES string of the molecule is NC(=O)C1CCN(c2cnn(-c3ccc(Cl)cc3)c(=O)c2Cl)C1. The van der Waals surface area contributed by atoms with E-state index in [1.807, 2.05) is 4.90 Å². The van der Waals surface area contributed by atoms with Crippen molar-refractivity contribution in [3.8, 4) is 5.69 Å². The first-order valence-electron chi connectivity index (χ1n) is 7.05. The molecule has 8 heteroatoms. The van der Waals surface area contributed by atoms with E-state index in [1.54, 1.807) is 24.3 Å². The van der Waals surface area contributed by atoms with E-state index in [4.69, 9.17) is 28.9 Å². The minimum Gasteiger partial charge on any atom is -0.369 e. The van der Waals surface area contributed by atoms with Gasteiger partial charge in [0.15, 0.2) is 0 Å². The number of carbonyl (C=O) groups is 1. The standard InChI is InChI=1S/C15H14Cl2N4O2/c16-10-1-3-11(4-2-10)21-15(23)13(17)12(7-19-21)20-6-5-9(8-20)14(18)22/h1-4,7,9H,5-6,8H2,(H2,18,22). The van der Waals surface area contributed by atoms with Crippen molar-refractivity contribution in [3.05, 3.63) is 50.9 Å². The van der Waals surface area contributed by atoms with Gasteiger partial charge in [-0.1, -0.05) is 23.2 Å². The first kappa shape index (κ1) is 15.8. The molecule has 1 aliphatic rings. The van der Waals surface area contributed by atoms with Gasteiger partial charge in [-0.15, -0.1) is 0 Å². The first-order chi connectivity index (χ1) is 11.0. The van der Waals surface area contributed by atoms with Crippen LogP contribution >= 0.6 is 23.2 Å². The number of benzene rings is 1. The third-order valence-corrected chi connectivity index (χ3v) is 4.51. The second-order valence-electron chi connectivity index (χ2n) is 5.37. The minimum atomic E-state index is -0.422. The largest absolute Gasteiger partial charge is 0.369 e. The summed E-state index contributed by atoms with van der Waals surface area (Å²) in [5.74, 6) is -0.573. The molecular weight excluding hydrogens is 339 g/mol. The lowest BCUT2D eigenvalue weighted by Crippen LogP contribution is -2.30. The van der Waals surface area contributed by atoms with Gasteiger partial charge in [0.2, 0.25) is 5.91 Å². The third kappa shape index (κ3) is 3.04. The Balaban J connectivity index is 1.94. The molecule has 1 atom stereocenters. The van der Waals surface area contributed by atoms with Gasteiger partial charge >= 0.3 is 0 Å². The number of nitrogens with zero attached hydrogens (tertiary/aromatic N) is 3. The van der Waals surface area contributed by atoms with E-state index in [9.17, 15) is 9.59 Å². The van der Waals surface area contributed by atoms with Crippen LogP contribution in [0.2, 0.25) is 10.0 Å².